The molecule has 0 bridgehead atoms. The third kappa shape index (κ3) is 11.0. The van der Waals surface area contributed by atoms with Gasteiger partial charge >= 0.3 is 23.9 Å². The van der Waals surface area contributed by atoms with Gasteiger partial charge in [-0.1, -0.05) is 13.8 Å². The van der Waals surface area contributed by atoms with E-state index in [4.69, 9.17) is 24.1 Å². The fourth-order valence-electron chi connectivity index (χ4n) is 3.46. The molecule has 1 rings (SSSR count). The lowest BCUT2D eigenvalue weighted by molar-refractivity contribution is -0.156. The molecule has 1 aromatic rings. The zero-order chi connectivity index (χ0) is 31.5. The molecule has 0 heterocycles. The highest BCUT2D eigenvalue weighted by molar-refractivity contribution is 9.15. The number of benzene rings is 1. The number of rotatable bonds is 15. The molecule has 230 valence electrons. The molecule has 0 saturated heterocycles. The molecule has 0 aliphatic rings. The predicted octanol–water partition coefficient (Wildman–Crippen LogP) is 8.14. The van der Waals surface area contributed by atoms with Gasteiger partial charge in [0.05, 0.1) is 48.2 Å². The summed E-state index contributed by atoms with van der Waals surface area (Å²) < 4.78 is 23.6. The fourth-order valence-corrected chi connectivity index (χ4v) is 6.63. The zero-order valence-corrected chi connectivity index (χ0v) is 31.2. The second-order valence-corrected chi connectivity index (χ2v) is 14.0. The Morgan fingerprint density at radius 1 is 0.829 bits per heavy atom. The minimum absolute atomic E-state index is 0.0594. The highest BCUT2D eigenvalue weighted by Crippen LogP contribution is 2.48. The molecule has 0 aromatic heterocycles. The van der Waals surface area contributed by atoms with E-state index in [1.54, 1.807) is 20.8 Å². The molecule has 1 N–H and O–H groups in total. The summed E-state index contributed by atoms with van der Waals surface area (Å²) in [5, 5.41) is 8.87. The number of aliphatic hydroxyl groups excluding tert-OH is 1. The van der Waals surface area contributed by atoms with Gasteiger partial charge in [-0.3, -0.25) is 19.2 Å². The van der Waals surface area contributed by atoms with E-state index in [2.05, 4.69) is 79.6 Å². The van der Waals surface area contributed by atoms with Crippen LogP contribution in [-0.2, 0) is 33.4 Å². The first-order valence-electron chi connectivity index (χ1n) is 12.6. The van der Waals surface area contributed by atoms with Crippen LogP contribution in [0.2, 0.25) is 0 Å². The van der Waals surface area contributed by atoms with Crippen molar-refractivity contribution in [2.24, 2.45) is 16.7 Å². The van der Waals surface area contributed by atoms with Crippen LogP contribution < -0.4 is 4.74 Å². The first kappa shape index (κ1) is 38.2. The Bertz CT molecular complexity index is 1120. The maximum Gasteiger partial charge on any atom is 0.316 e. The highest BCUT2D eigenvalue weighted by atomic mass is 79.9. The molecular weight excluding hydrogens is 868 g/mol. The molecule has 14 heteroatoms. The molecule has 0 radical (unpaired) electrons. The molecule has 0 spiro atoms. The van der Waals surface area contributed by atoms with Crippen LogP contribution in [0.4, 0.5) is 0 Å². The maximum absolute atomic E-state index is 12.9. The first-order valence-corrected chi connectivity index (χ1v) is 16.6. The normalized spacial score (nSPS) is 13.8. The van der Waals surface area contributed by atoms with Crippen molar-refractivity contribution < 1.29 is 43.2 Å². The lowest BCUT2D eigenvalue weighted by atomic mass is 9.71. The van der Waals surface area contributed by atoms with Gasteiger partial charge in [-0.05, 0) is 126 Å². The van der Waals surface area contributed by atoms with E-state index in [-0.39, 0.29) is 37.7 Å². The van der Waals surface area contributed by atoms with Crippen molar-refractivity contribution in [3.05, 3.63) is 34.9 Å². The Morgan fingerprint density at radius 3 is 1.88 bits per heavy atom. The lowest BCUT2D eigenvalue weighted by Gasteiger charge is -2.33. The minimum atomic E-state index is -0.858. The number of hydrogen-bond acceptors (Lipinski definition) is 9. The highest BCUT2D eigenvalue weighted by Gasteiger charge is 2.40. The molecule has 41 heavy (non-hydrogen) atoms. The van der Waals surface area contributed by atoms with Crippen LogP contribution in [0.15, 0.2) is 34.9 Å². The van der Waals surface area contributed by atoms with Crippen LogP contribution >= 0.6 is 79.6 Å². The van der Waals surface area contributed by atoms with E-state index >= 15 is 0 Å². The topological polar surface area (TPSA) is 125 Å². The van der Waals surface area contributed by atoms with Crippen molar-refractivity contribution in [3.8, 4) is 5.75 Å². The van der Waals surface area contributed by atoms with Gasteiger partial charge < -0.3 is 24.1 Å². The second kappa shape index (κ2) is 17.5. The Labute approximate surface area is 282 Å². The number of esters is 4. The summed E-state index contributed by atoms with van der Waals surface area (Å²) in [5.74, 6) is -2.20. The molecule has 0 aliphatic carbocycles. The van der Waals surface area contributed by atoms with E-state index in [1.807, 2.05) is 13.8 Å². The molecule has 2 atom stereocenters. The van der Waals surface area contributed by atoms with E-state index in [0.29, 0.717) is 41.6 Å². The quantitative estimate of drug-likeness (QED) is 0.0464. The van der Waals surface area contributed by atoms with Crippen LogP contribution in [0.25, 0.3) is 0 Å². The van der Waals surface area contributed by atoms with Crippen molar-refractivity contribution in [3.63, 3.8) is 0 Å². The van der Waals surface area contributed by atoms with Gasteiger partial charge in [-0.25, -0.2) is 0 Å². The van der Waals surface area contributed by atoms with Gasteiger partial charge in [-0.15, -0.1) is 0 Å². The van der Waals surface area contributed by atoms with Crippen molar-refractivity contribution in [2.75, 3.05) is 13.2 Å². The number of aliphatic hydroxyl groups is 1. The van der Waals surface area contributed by atoms with Gasteiger partial charge in [0.15, 0.2) is 5.75 Å². The third-order valence-electron chi connectivity index (χ3n) is 6.72. The fraction of sp³-hybridized carbons (Fsp3) is 0.556. The average molecular weight is 901 g/mol. The number of halogens is 5. The predicted molar refractivity (Wildman–Crippen MR) is 170 cm³/mol. The summed E-state index contributed by atoms with van der Waals surface area (Å²) >= 11 is 16.9. The molecule has 1 aromatic carbocycles. The smallest absolute Gasteiger partial charge is 0.316 e. The van der Waals surface area contributed by atoms with Crippen molar-refractivity contribution in [2.45, 2.75) is 66.7 Å². The summed E-state index contributed by atoms with van der Waals surface area (Å²) in [4.78, 5) is 49.5. The van der Waals surface area contributed by atoms with Gasteiger partial charge in [0.25, 0.3) is 0 Å². The summed E-state index contributed by atoms with van der Waals surface area (Å²) in [6, 6.07) is 0. The molecule has 0 aliphatic heterocycles. The monoisotopic (exact) mass is 896 g/mol. The van der Waals surface area contributed by atoms with Gasteiger partial charge in [0, 0.05) is 4.47 Å². The van der Waals surface area contributed by atoms with E-state index in [9.17, 15) is 19.2 Å². The molecule has 2 unspecified atom stereocenters. The van der Waals surface area contributed by atoms with Crippen LogP contribution in [0.1, 0.15) is 66.7 Å². The zero-order valence-electron chi connectivity index (χ0n) is 23.3. The SMILES string of the molecule is CCC(C)(C(=O)O/C=C/OC(=O)CCC(=O)Oc1c(Br)c(Br)c(Br)c(Br)c1Br)C(C)CCC(C)(C)C(=O)OCCO. The van der Waals surface area contributed by atoms with E-state index < -0.39 is 34.7 Å². The van der Waals surface area contributed by atoms with E-state index in [0.717, 1.165) is 12.5 Å². The standard InChI is InChI=1S/C27H33Br5O9/c1-6-27(5,15(2)9-10-26(3,4)24(36)39-12-11-33)25(37)40-14-13-38-16(34)7-8-17(35)41-23-21(31)19(29)18(28)20(30)22(23)32/h13-15,33H,6-12H2,1-5H3/b14-13+. The summed E-state index contributed by atoms with van der Waals surface area (Å²) in [6.07, 6.45) is 2.94. The van der Waals surface area contributed by atoms with Crippen LogP contribution in [0.3, 0.4) is 0 Å². The first-order chi connectivity index (χ1) is 19.0. The van der Waals surface area contributed by atoms with Crippen LogP contribution in [0, 0.1) is 16.7 Å². The van der Waals surface area contributed by atoms with Crippen molar-refractivity contribution >= 4 is 104 Å². The number of carbonyl (C=O) groups is 4. The average Bonchev–Trinajstić information content (AvgIpc) is 2.95. The van der Waals surface area contributed by atoms with Gasteiger partial charge in [-0.2, -0.15) is 0 Å². The largest absolute Gasteiger partial charge is 0.463 e. The summed E-state index contributed by atoms with van der Waals surface area (Å²) in [7, 11) is 0. The Hall–Kier alpha value is -0.800. The number of ether oxygens (including phenoxy) is 4. The van der Waals surface area contributed by atoms with Gasteiger partial charge in [0.1, 0.15) is 19.1 Å². The van der Waals surface area contributed by atoms with Crippen LogP contribution in [-0.4, -0.2) is 42.2 Å². The van der Waals surface area contributed by atoms with Crippen molar-refractivity contribution in [1.29, 1.82) is 0 Å². The third-order valence-corrected chi connectivity index (χ3v) is 12.7. The Kier molecular flexibility index (Phi) is 16.3. The summed E-state index contributed by atoms with van der Waals surface area (Å²) in [5.41, 5.74) is -1.63. The minimum Gasteiger partial charge on any atom is -0.463 e. The molecule has 9 nitrogen and oxygen atoms in total. The van der Waals surface area contributed by atoms with Crippen LogP contribution in [0.5, 0.6) is 5.75 Å². The van der Waals surface area contributed by atoms with E-state index in [1.165, 1.54) is 0 Å². The Morgan fingerprint density at radius 2 is 1.34 bits per heavy atom. The molecular formula is C27H33Br5O9. The second-order valence-electron chi connectivity index (χ2n) is 9.99. The molecule has 0 amide bonds. The Balaban J connectivity index is 2.61. The number of hydrogen-bond donors (Lipinski definition) is 1. The lowest BCUT2D eigenvalue weighted by Crippen LogP contribution is -2.36. The number of carbonyl (C=O) groups excluding carboxylic acids is 4. The van der Waals surface area contributed by atoms with Gasteiger partial charge in [0.2, 0.25) is 0 Å². The molecule has 0 saturated carbocycles. The van der Waals surface area contributed by atoms with Crippen molar-refractivity contribution in [1.82, 2.24) is 0 Å². The summed E-state index contributed by atoms with van der Waals surface area (Å²) in [6.45, 7) is 8.77. The maximum atomic E-state index is 12.9. The molecule has 0 fully saturated rings.